The molecule has 84 valence electrons. The van der Waals surface area contributed by atoms with Crippen molar-refractivity contribution >= 4 is 15.8 Å². The number of aromatic nitrogens is 3. The van der Waals surface area contributed by atoms with Gasteiger partial charge in [0.2, 0.25) is 0 Å². The topological polar surface area (TPSA) is 87.7 Å². The van der Waals surface area contributed by atoms with Gasteiger partial charge in [0, 0.05) is 11.9 Å². The molecule has 2 N–H and O–H groups in total. The number of rotatable bonds is 3. The number of hydrogen-bond donors (Lipinski definition) is 2. The molecule has 0 aliphatic heterocycles. The molecule has 0 unspecified atom stereocenters. The molecule has 6 nitrogen and oxygen atoms in total. The number of nitrogens with one attached hydrogen (secondary N) is 2. The molecule has 0 radical (unpaired) electrons. The highest BCUT2D eigenvalue weighted by Crippen LogP contribution is 2.12. The van der Waals surface area contributed by atoms with E-state index >= 15 is 0 Å². The Balaban J connectivity index is 2.29. The van der Waals surface area contributed by atoms with Gasteiger partial charge in [-0.15, -0.1) is 0 Å². The highest BCUT2D eigenvalue weighted by Gasteiger charge is 2.15. The van der Waals surface area contributed by atoms with Crippen LogP contribution in [0.2, 0.25) is 0 Å². The van der Waals surface area contributed by atoms with E-state index in [9.17, 15) is 8.42 Å². The summed E-state index contributed by atoms with van der Waals surface area (Å²) in [6.07, 6.45) is 2.54. The molecule has 0 saturated heterocycles. The minimum absolute atomic E-state index is 0.0795. The number of aromatic amines is 1. The zero-order valence-electron chi connectivity index (χ0n) is 8.51. The molecule has 2 aromatic heterocycles. The van der Waals surface area contributed by atoms with Crippen molar-refractivity contribution in [2.24, 2.45) is 0 Å². The number of aryl methyl sites for hydroxylation is 1. The highest BCUT2D eigenvalue weighted by molar-refractivity contribution is 7.92. The maximum absolute atomic E-state index is 11.8. The van der Waals surface area contributed by atoms with E-state index in [2.05, 4.69) is 19.9 Å². The molecular weight excluding hydrogens is 228 g/mol. The lowest BCUT2D eigenvalue weighted by Gasteiger charge is -2.05. The number of pyridine rings is 1. The van der Waals surface area contributed by atoms with Gasteiger partial charge in [-0.1, -0.05) is 6.07 Å². The Morgan fingerprint density at radius 3 is 2.81 bits per heavy atom. The zero-order chi connectivity index (χ0) is 11.6. The van der Waals surface area contributed by atoms with Crippen molar-refractivity contribution in [3.05, 3.63) is 36.3 Å². The van der Waals surface area contributed by atoms with E-state index in [1.54, 1.807) is 25.1 Å². The van der Waals surface area contributed by atoms with Crippen LogP contribution >= 0.6 is 0 Å². The van der Waals surface area contributed by atoms with Crippen LogP contribution < -0.4 is 4.72 Å². The van der Waals surface area contributed by atoms with Gasteiger partial charge < -0.3 is 0 Å². The van der Waals surface area contributed by atoms with Crippen molar-refractivity contribution in [2.45, 2.75) is 11.8 Å². The van der Waals surface area contributed by atoms with E-state index in [0.29, 0.717) is 5.82 Å². The van der Waals surface area contributed by atoms with Crippen LogP contribution in [0.1, 0.15) is 5.69 Å². The molecule has 7 heteroatoms. The molecule has 2 rings (SSSR count). The van der Waals surface area contributed by atoms with Crippen molar-refractivity contribution in [3.8, 4) is 0 Å². The van der Waals surface area contributed by atoms with Gasteiger partial charge >= 0.3 is 0 Å². The molecule has 0 bridgehead atoms. The summed E-state index contributed by atoms with van der Waals surface area (Å²) in [6, 6.07) is 5.11. The van der Waals surface area contributed by atoms with Crippen molar-refractivity contribution in [1.82, 2.24) is 15.2 Å². The van der Waals surface area contributed by atoms with Gasteiger partial charge in [-0.25, -0.2) is 13.4 Å². The minimum atomic E-state index is -3.59. The average molecular weight is 238 g/mol. The van der Waals surface area contributed by atoms with Crippen LogP contribution in [-0.2, 0) is 10.0 Å². The lowest BCUT2D eigenvalue weighted by molar-refractivity contribution is 0.601. The van der Waals surface area contributed by atoms with Gasteiger partial charge in [0.1, 0.15) is 10.7 Å². The lowest BCUT2D eigenvalue weighted by Crippen LogP contribution is -2.13. The Kier molecular flexibility index (Phi) is 2.61. The summed E-state index contributed by atoms with van der Waals surface area (Å²) in [4.78, 5) is 4.13. The third-order valence-corrected chi connectivity index (χ3v) is 3.23. The predicted molar refractivity (Wildman–Crippen MR) is 58.4 cm³/mol. The first-order valence-electron chi connectivity index (χ1n) is 4.53. The summed E-state index contributed by atoms with van der Waals surface area (Å²) in [6.45, 7) is 1.79. The molecular formula is C9H10N4O2S. The Hall–Kier alpha value is -1.89. The van der Waals surface area contributed by atoms with Crippen LogP contribution in [0.5, 0.6) is 0 Å². The molecule has 0 fully saturated rings. The number of nitrogens with zero attached hydrogens (tertiary/aromatic N) is 2. The predicted octanol–water partition coefficient (Wildman–Crippen LogP) is 0.914. The van der Waals surface area contributed by atoms with Crippen LogP contribution in [0, 0.1) is 6.92 Å². The summed E-state index contributed by atoms with van der Waals surface area (Å²) in [5.74, 6) is 0.293. The van der Waals surface area contributed by atoms with E-state index in [4.69, 9.17) is 0 Å². The lowest BCUT2D eigenvalue weighted by atomic mass is 10.4. The minimum Gasteiger partial charge on any atom is -0.284 e. The maximum Gasteiger partial charge on any atom is 0.266 e. The molecule has 0 amide bonds. The van der Waals surface area contributed by atoms with Gasteiger partial charge in [0.25, 0.3) is 10.0 Å². The number of H-pyrrole nitrogens is 1. The second-order valence-corrected chi connectivity index (χ2v) is 4.89. The molecule has 2 aromatic rings. The molecule has 0 saturated carbocycles. The Bertz CT molecular complexity index is 577. The Labute approximate surface area is 92.8 Å². The quantitative estimate of drug-likeness (QED) is 0.832. The number of hydrogen-bond acceptors (Lipinski definition) is 4. The fourth-order valence-corrected chi connectivity index (χ4v) is 2.09. The van der Waals surface area contributed by atoms with Gasteiger partial charge in [-0.2, -0.15) is 5.10 Å². The van der Waals surface area contributed by atoms with Gasteiger partial charge in [0.05, 0.1) is 6.20 Å². The first-order chi connectivity index (χ1) is 7.58. The summed E-state index contributed by atoms with van der Waals surface area (Å²) in [5, 5.41) is 6.03. The second-order valence-electron chi connectivity index (χ2n) is 3.20. The zero-order valence-corrected chi connectivity index (χ0v) is 9.32. The molecule has 0 atom stereocenters. The van der Waals surface area contributed by atoms with Crippen molar-refractivity contribution in [1.29, 1.82) is 0 Å². The van der Waals surface area contributed by atoms with Crippen molar-refractivity contribution < 1.29 is 8.42 Å². The molecule has 0 aliphatic rings. The molecule has 0 aliphatic carbocycles. The first-order valence-corrected chi connectivity index (χ1v) is 6.01. The van der Waals surface area contributed by atoms with Crippen LogP contribution in [-0.4, -0.2) is 23.6 Å². The average Bonchev–Trinajstić information content (AvgIpc) is 2.69. The molecule has 0 spiro atoms. The number of anilines is 1. The van der Waals surface area contributed by atoms with Crippen LogP contribution in [0.15, 0.2) is 35.5 Å². The summed E-state index contributed by atoms with van der Waals surface area (Å²) in [7, 11) is -3.59. The molecule has 16 heavy (non-hydrogen) atoms. The normalized spacial score (nSPS) is 11.3. The summed E-state index contributed by atoms with van der Waals surface area (Å²) < 4.78 is 25.9. The Morgan fingerprint density at radius 2 is 2.19 bits per heavy atom. The largest absolute Gasteiger partial charge is 0.284 e. The van der Waals surface area contributed by atoms with Crippen molar-refractivity contribution in [3.63, 3.8) is 0 Å². The van der Waals surface area contributed by atoms with Crippen molar-refractivity contribution in [2.75, 3.05) is 4.72 Å². The van der Waals surface area contributed by atoms with E-state index in [1.807, 2.05) is 0 Å². The van der Waals surface area contributed by atoms with Gasteiger partial charge in [-0.05, 0) is 19.1 Å². The van der Waals surface area contributed by atoms with Crippen LogP contribution in [0.3, 0.4) is 0 Å². The first kappa shape index (κ1) is 10.6. The molecule has 0 aromatic carbocycles. The number of sulfonamides is 1. The van der Waals surface area contributed by atoms with Gasteiger partial charge in [0.15, 0.2) is 0 Å². The monoisotopic (exact) mass is 238 g/mol. The fourth-order valence-electron chi connectivity index (χ4n) is 1.18. The maximum atomic E-state index is 11.8. The summed E-state index contributed by atoms with van der Waals surface area (Å²) in [5.41, 5.74) is 0.743. The van der Waals surface area contributed by atoms with E-state index in [0.717, 1.165) is 5.69 Å². The smallest absolute Gasteiger partial charge is 0.266 e. The summed E-state index contributed by atoms with van der Waals surface area (Å²) >= 11 is 0. The van der Waals surface area contributed by atoms with E-state index in [-0.39, 0.29) is 4.90 Å². The fraction of sp³-hybridized carbons (Fsp3) is 0.111. The molecule has 2 heterocycles. The van der Waals surface area contributed by atoms with Crippen LogP contribution in [0.4, 0.5) is 5.82 Å². The van der Waals surface area contributed by atoms with E-state index in [1.165, 1.54) is 12.4 Å². The third kappa shape index (κ3) is 2.19. The highest BCUT2D eigenvalue weighted by atomic mass is 32.2. The van der Waals surface area contributed by atoms with Crippen LogP contribution in [0.25, 0.3) is 0 Å². The SMILES string of the molecule is Cc1cccc(NS(=O)(=O)c2cn[nH]c2)n1. The second kappa shape index (κ2) is 3.93. The standard InChI is InChI=1S/C9H10N4O2S/c1-7-3-2-4-9(12-7)13-16(14,15)8-5-10-11-6-8/h2-6H,1H3,(H,10,11)(H,12,13). The third-order valence-electron chi connectivity index (χ3n) is 1.91. The van der Waals surface area contributed by atoms with E-state index < -0.39 is 10.0 Å². The Morgan fingerprint density at radius 1 is 1.38 bits per heavy atom. The van der Waals surface area contributed by atoms with Gasteiger partial charge in [-0.3, -0.25) is 9.82 Å².